The van der Waals surface area contributed by atoms with E-state index in [2.05, 4.69) is 5.16 Å². The average molecular weight is 356 g/mol. The van der Waals surface area contributed by atoms with E-state index >= 15 is 0 Å². The molecular weight excluding hydrogens is 328 g/mol. The summed E-state index contributed by atoms with van der Waals surface area (Å²) in [5.41, 5.74) is 2.10. The van der Waals surface area contributed by atoms with E-state index < -0.39 is 6.10 Å². The van der Waals surface area contributed by atoms with E-state index in [1.54, 1.807) is 6.92 Å². The van der Waals surface area contributed by atoms with E-state index in [9.17, 15) is 9.90 Å². The molecule has 1 aromatic heterocycles. The van der Waals surface area contributed by atoms with Crippen LogP contribution in [0.5, 0.6) is 0 Å². The van der Waals surface area contributed by atoms with E-state index in [0.717, 1.165) is 31.2 Å². The number of hydrogen-bond donors (Lipinski definition) is 1. The summed E-state index contributed by atoms with van der Waals surface area (Å²) >= 11 is 0. The highest BCUT2D eigenvalue weighted by Crippen LogP contribution is 2.28. The van der Waals surface area contributed by atoms with Crippen LogP contribution in [-0.4, -0.2) is 33.7 Å². The lowest BCUT2D eigenvalue weighted by molar-refractivity contribution is 0.0452. The van der Waals surface area contributed by atoms with Crippen molar-refractivity contribution in [1.82, 2.24) is 10.1 Å². The lowest BCUT2D eigenvalue weighted by atomic mass is 9.93. The molecule has 1 amide bonds. The first-order valence-corrected chi connectivity index (χ1v) is 9.61. The fraction of sp³-hybridized carbons (Fsp3) is 0.524. The second-order valence-electron chi connectivity index (χ2n) is 7.09. The third-order valence-electron chi connectivity index (χ3n) is 5.31. The molecule has 140 valence electrons. The van der Waals surface area contributed by atoms with Gasteiger partial charge in [-0.05, 0) is 31.7 Å². The molecule has 0 bridgehead atoms. The molecule has 2 aromatic rings. The Kier molecular flexibility index (Phi) is 6.09. The van der Waals surface area contributed by atoms with Crippen molar-refractivity contribution in [3.63, 3.8) is 0 Å². The second kappa shape index (κ2) is 8.49. The zero-order valence-electron chi connectivity index (χ0n) is 15.6. The molecule has 0 saturated heterocycles. The van der Waals surface area contributed by atoms with Crippen LogP contribution in [0.3, 0.4) is 0 Å². The SMILES string of the molecule is CCc1noc(C)c1C(=O)N(C[C@@H](O)c1ccccc1)C1CCCCC1. The zero-order valence-corrected chi connectivity index (χ0v) is 15.6. The average Bonchev–Trinajstić information content (AvgIpc) is 3.07. The summed E-state index contributed by atoms with van der Waals surface area (Å²) in [5, 5.41) is 14.8. The number of amides is 1. The van der Waals surface area contributed by atoms with Crippen LogP contribution in [0.25, 0.3) is 0 Å². The van der Waals surface area contributed by atoms with E-state index in [4.69, 9.17) is 4.52 Å². The second-order valence-corrected chi connectivity index (χ2v) is 7.09. The molecule has 1 aliphatic rings. The minimum absolute atomic E-state index is 0.0671. The quantitative estimate of drug-likeness (QED) is 0.848. The Bertz CT molecular complexity index is 720. The van der Waals surface area contributed by atoms with Gasteiger partial charge in [-0.2, -0.15) is 0 Å². The van der Waals surface area contributed by atoms with Gasteiger partial charge in [0.2, 0.25) is 0 Å². The smallest absolute Gasteiger partial charge is 0.259 e. The highest BCUT2D eigenvalue weighted by atomic mass is 16.5. The van der Waals surface area contributed by atoms with Crippen molar-refractivity contribution in [3.05, 3.63) is 52.9 Å². The maximum absolute atomic E-state index is 13.4. The normalized spacial score (nSPS) is 16.4. The van der Waals surface area contributed by atoms with Crippen LogP contribution in [0.1, 0.15) is 72.5 Å². The zero-order chi connectivity index (χ0) is 18.5. The summed E-state index contributed by atoms with van der Waals surface area (Å²) in [6, 6.07) is 9.70. The van der Waals surface area contributed by atoms with Gasteiger partial charge < -0.3 is 14.5 Å². The molecule has 0 unspecified atom stereocenters. The van der Waals surface area contributed by atoms with Gasteiger partial charge in [-0.1, -0.05) is 61.7 Å². The summed E-state index contributed by atoms with van der Waals surface area (Å²) in [7, 11) is 0. The van der Waals surface area contributed by atoms with Crippen LogP contribution >= 0.6 is 0 Å². The van der Waals surface area contributed by atoms with Crippen LogP contribution in [0, 0.1) is 6.92 Å². The first-order valence-electron chi connectivity index (χ1n) is 9.61. The number of hydrogen-bond acceptors (Lipinski definition) is 4. The third kappa shape index (κ3) is 3.98. The maximum atomic E-state index is 13.4. The van der Waals surface area contributed by atoms with Gasteiger partial charge in [0.15, 0.2) is 0 Å². The number of rotatable bonds is 6. The molecule has 5 heteroatoms. The monoisotopic (exact) mass is 356 g/mol. The fourth-order valence-electron chi connectivity index (χ4n) is 3.83. The van der Waals surface area contributed by atoms with Gasteiger partial charge in [0.25, 0.3) is 5.91 Å². The molecule has 0 spiro atoms. The van der Waals surface area contributed by atoms with E-state index in [1.165, 1.54) is 6.42 Å². The standard InChI is InChI=1S/C21H28N2O3/c1-3-18-20(15(2)26-22-18)21(25)23(17-12-8-5-9-13-17)14-19(24)16-10-6-4-7-11-16/h4,6-7,10-11,17,19,24H,3,5,8-9,12-14H2,1-2H3/t19-/m1/s1. The predicted octanol–water partition coefficient (Wildman–Crippen LogP) is 4.05. The number of benzene rings is 1. The number of aliphatic hydroxyl groups is 1. The highest BCUT2D eigenvalue weighted by molar-refractivity contribution is 5.96. The molecule has 1 fully saturated rings. The van der Waals surface area contributed by atoms with Gasteiger partial charge in [-0.15, -0.1) is 0 Å². The van der Waals surface area contributed by atoms with E-state index in [0.29, 0.717) is 30.0 Å². The maximum Gasteiger partial charge on any atom is 0.259 e. The predicted molar refractivity (Wildman–Crippen MR) is 99.9 cm³/mol. The van der Waals surface area contributed by atoms with Crippen LogP contribution in [0.4, 0.5) is 0 Å². The number of carbonyl (C=O) groups excluding carboxylic acids is 1. The van der Waals surface area contributed by atoms with Gasteiger partial charge in [-0.3, -0.25) is 4.79 Å². The molecule has 3 rings (SSSR count). The van der Waals surface area contributed by atoms with Crippen LogP contribution in [0.15, 0.2) is 34.9 Å². The van der Waals surface area contributed by atoms with Gasteiger partial charge >= 0.3 is 0 Å². The largest absolute Gasteiger partial charge is 0.387 e. The molecule has 1 atom stereocenters. The van der Waals surface area contributed by atoms with Gasteiger partial charge in [0.1, 0.15) is 11.3 Å². The Labute approximate surface area is 155 Å². The summed E-state index contributed by atoms with van der Waals surface area (Å²) in [6.07, 6.45) is 5.38. The molecule has 0 radical (unpaired) electrons. The molecule has 1 aliphatic carbocycles. The lowest BCUT2D eigenvalue weighted by Crippen LogP contribution is -2.44. The molecule has 1 heterocycles. The Morgan fingerprint density at radius 3 is 2.62 bits per heavy atom. The van der Waals surface area contributed by atoms with Crippen LogP contribution in [0.2, 0.25) is 0 Å². The first-order chi connectivity index (χ1) is 12.6. The van der Waals surface area contributed by atoms with E-state index in [1.807, 2.05) is 42.2 Å². The van der Waals surface area contributed by atoms with Crippen molar-refractivity contribution >= 4 is 5.91 Å². The Morgan fingerprint density at radius 2 is 1.96 bits per heavy atom. The lowest BCUT2D eigenvalue weighted by Gasteiger charge is -2.35. The number of aromatic nitrogens is 1. The minimum Gasteiger partial charge on any atom is -0.387 e. The summed E-state index contributed by atoms with van der Waals surface area (Å²) in [5.74, 6) is 0.490. The number of aryl methyl sites for hydroxylation is 2. The van der Waals surface area contributed by atoms with E-state index in [-0.39, 0.29) is 11.9 Å². The Hall–Kier alpha value is -2.14. The number of aliphatic hydroxyl groups excluding tert-OH is 1. The first kappa shape index (κ1) is 18.6. The summed E-state index contributed by atoms with van der Waals surface area (Å²) in [6.45, 7) is 4.05. The Balaban J connectivity index is 1.87. The van der Waals surface area contributed by atoms with Crippen molar-refractivity contribution in [2.24, 2.45) is 0 Å². The highest BCUT2D eigenvalue weighted by Gasteiger charge is 2.32. The fourth-order valence-corrected chi connectivity index (χ4v) is 3.83. The van der Waals surface area contributed by atoms with Gasteiger partial charge in [-0.25, -0.2) is 0 Å². The van der Waals surface area contributed by atoms with Crippen LogP contribution < -0.4 is 0 Å². The van der Waals surface area contributed by atoms with Crippen molar-refractivity contribution < 1.29 is 14.4 Å². The molecular formula is C21H28N2O3. The summed E-state index contributed by atoms with van der Waals surface area (Å²) in [4.78, 5) is 15.2. The van der Waals surface area contributed by atoms with Crippen LogP contribution in [-0.2, 0) is 6.42 Å². The third-order valence-corrected chi connectivity index (χ3v) is 5.31. The van der Waals surface area contributed by atoms with Gasteiger partial charge in [0, 0.05) is 6.04 Å². The summed E-state index contributed by atoms with van der Waals surface area (Å²) < 4.78 is 5.27. The molecule has 5 nitrogen and oxygen atoms in total. The van der Waals surface area contributed by atoms with Crippen molar-refractivity contribution in [3.8, 4) is 0 Å². The van der Waals surface area contributed by atoms with Crippen molar-refractivity contribution in [2.45, 2.75) is 64.5 Å². The number of carbonyl (C=O) groups is 1. The molecule has 0 aliphatic heterocycles. The molecule has 26 heavy (non-hydrogen) atoms. The van der Waals surface area contributed by atoms with Gasteiger partial charge in [0.05, 0.1) is 18.3 Å². The van der Waals surface area contributed by atoms with Crippen molar-refractivity contribution in [1.29, 1.82) is 0 Å². The number of nitrogens with zero attached hydrogens (tertiary/aromatic N) is 2. The minimum atomic E-state index is -0.702. The molecule has 1 N–H and O–H groups in total. The molecule has 1 aromatic carbocycles. The van der Waals surface area contributed by atoms with Crippen molar-refractivity contribution in [2.75, 3.05) is 6.54 Å². The molecule has 1 saturated carbocycles. The Morgan fingerprint density at radius 1 is 1.27 bits per heavy atom. The topological polar surface area (TPSA) is 66.6 Å².